The Bertz CT molecular complexity index is 297. The lowest BCUT2D eigenvalue weighted by Crippen LogP contribution is -2.48. The third kappa shape index (κ3) is 4.72. The van der Waals surface area contributed by atoms with Crippen LogP contribution in [0.15, 0.2) is 0 Å². The van der Waals surface area contributed by atoms with Gasteiger partial charge in [0.25, 0.3) is 0 Å². The molecule has 5 nitrogen and oxygen atoms in total. The molecule has 0 radical (unpaired) electrons. The smallest absolute Gasteiger partial charge is 0.236 e. The first-order valence-corrected chi connectivity index (χ1v) is 7.97. The summed E-state index contributed by atoms with van der Waals surface area (Å²) in [6.45, 7) is 11.1. The topological polar surface area (TPSA) is 44.8 Å². The van der Waals surface area contributed by atoms with E-state index in [1.165, 1.54) is 12.8 Å². The van der Waals surface area contributed by atoms with Gasteiger partial charge in [-0.1, -0.05) is 0 Å². The van der Waals surface area contributed by atoms with E-state index in [0.717, 1.165) is 38.6 Å². The lowest BCUT2D eigenvalue weighted by Gasteiger charge is -2.34. The maximum atomic E-state index is 12.4. The van der Waals surface area contributed by atoms with Gasteiger partial charge in [0.2, 0.25) is 5.91 Å². The Labute approximate surface area is 122 Å². The van der Waals surface area contributed by atoms with Crippen LogP contribution in [0.2, 0.25) is 0 Å². The van der Waals surface area contributed by atoms with Crippen molar-refractivity contribution in [1.82, 2.24) is 15.1 Å². The van der Waals surface area contributed by atoms with Gasteiger partial charge in [-0.3, -0.25) is 9.69 Å². The zero-order valence-electron chi connectivity index (χ0n) is 12.9. The first kappa shape index (κ1) is 15.7. The maximum absolute atomic E-state index is 12.4. The number of morpholine rings is 1. The zero-order chi connectivity index (χ0) is 14.4. The zero-order valence-corrected chi connectivity index (χ0v) is 12.9. The third-order valence-electron chi connectivity index (χ3n) is 4.38. The normalized spacial score (nSPS) is 21.7. The highest BCUT2D eigenvalue weighted by Gasteiger charge is 2.24. The largest absolute Gasteiger partial charge is 0.378 e. The van der Waals surface area contributed by atoms with Crippen molar-refractivity contribution in [2.75, 3.05) is 52.5 Å². The SMILES string of the molecule is CC(C)N(CC(=O)N1CCOCC1)CC1CCNCC1. The van der Waals surface area contributed by atoms with E-state index in [9.17, 15) is 4.79 Å². The Morgan fingerprint density at radius 1 is 1.30 bits per heavy atom. The number of ether oxygens (including phenoxy) is 1. The van der Waals surface area contributed by atoms with E-state index in [0.29, 0.717) is 25.8 Å². The molecule has 20 heavy (non-hydrogen) atoms. The molecule has 2 saturated heterocycles. The van der Waals surface area contributed by atoms with Gasteiger partial charge in [-0.15, -0.1) is 0 Å². The Balaban J connectivity index is 1.82. The van der Waals surface area contributed by atoms with Crippen LogP contribution in [0.25, 0.3) is 0 Å². The number of carbonyl (C=O) groups excluding carboxylic acids is 1. The summed E-state index contributed by atoms with van der Waals surface area (Å²) in [5, 5.41) is 3.40. The van der Waals surface area contributed by atoms with Crippen LogP contribution in [0.3, 0.4) is 0 Å². The summed E-state index contributed by atoms with van der Waals surface area (Å²) < 4.78 is 5.31. The fourth-order valence-corrected chi connectivity index (χ4v) is 2.94. The Kier molecular flexibility index (Phi) is 6.26. The molecule has 5 heteroatoms. The van der Waals surface area contributed by atoms with E-state index in [2.05, 4.69) is 24.1 Å². The number of nitrogens with zero attached hydrogens (tertiary/aromatic N) is 2. The van der Waals surface area contributed by atoms with Crippen LogP contribution in [-0.4, -0.2) is 74.2 Å². The number of amides is 1. The van der Waals surface area contributed by atoms with Gasteiger partial charge < -0.3 is 15.0 Å². The van der Waals surface area contributed by atoms with Crippen LogP contribution in [-0.2, 0) is 9.53 Å². The van der Waals surface area contributed by atoms with Crippen molar-refractivity contribution >= 4 is 5.91 Å². The summed E-state index contributed by atoms with van der Waals surface area (Å²) in [4.78, 5) is 16.7. The lowest BCUT2D eigenvalue weighted by atomic mass is 9.97. The minimum Gasteiger partial charge on any atom is -0.378 e. The monoisotopic (exact) mass is 283 g/mol. The second-order valence-electron chi connectivity index (χ2n) is 6.21. The molecule has 2 aliphatic heterocycles. The van der Waals surface area contributed by atoms with E-state index in [4.69, 9.17) is 4.74 Å². The number of hydrogen-bond donors (Lipinski definition) is 1. The highest BCUT2D eigenvalue weighted by molar-refractivity contribution is 5.78. The first-order valence-electron chi connectivity index (χ1n) is 7.97. The molecule has 2 fully saturated rings. The summed E-state index contributed by atoms with van der Waals surface area (Å²) in [5.41, 5.74) is 0. The Morgan fingerprint density at radius 2 is 1.95 bits per heavy atom. The molecular weight excluding hydrogens is 254 g/mol. The van der Waals surface area contributed by atoms with Gasteiger partial charge in [-0.25, -0.2) is 0 Å². The molecule has 2 heterocycles. The summed E-state index contributed by atoms with van der Waals surface area (Å²) in [6, 6.07) is 0.426. The molecule has 2 rings (SSSR count). The molecule has 0 aliphatic carbocycles. The molecule has 0 spiro atoms. The molecule has 0 unspecified atom stereocenters. The molecule has 0 bridgehead atoms. The second-order valence-corrected chi connectivity index (χ2v) is 6.21. The number of nitrogens with one attached hydrogen (secondary N) is 1. The average molecular weight is 283 g/mol. The summed E-state index contributed by atoms with van der Waals surface area (Å²) in [6.07, 6.45) is 2.46. The summed E-state index contributed by atoms with van der Waals surface area (Å²) in [5.74, 6) is 0.993. The molecule has 1 amide bonds. The minimum absolute atomic E-state index is 0.260. The molecule has 0 saturated carbocycles. The molecule has 0 atom stereocenters. The van der Waals surface area contributed by atoms with Crippen molar-refractivity contribution in [3.05, 3.63) is 0 Å². The van der Waals surface area contributed by atoms with Crippen LogP contribution in [0.1, 0.15) is 26.7 Å². The first-order chi connectivity index (χ1) is 9.66. The van der Waals surface area contributed by atoms with Gasteiger partial charge in [0, 0.05) is 25.7 Å². The number of hydrogen-bond acceptors (Lipinski definition) is 4. The van der Waals surface area contributed by atoms with Crippen molar-refractivity contribution in [2.24, 2.45) is 5.92 Å². The lowest BCUT2D eigenvalue weighted by molar-refractivity contribution is -0.137. The highest BCUT2D eigenvalue weighted by atomic mass is 16.5. The fraction of sp³-hybridized carbons (Fsp3) is 0.933. The van der Waals surface area contributed by atoms with Gasteiger partial charge >= 0.3 is 0 Å². The van der Waals surface area contributed by atoms with E-state index >= 15 is 0 Å². The Morgan fingerprint density at radius 3 is 2.55 bits per heavy atom. The third-order valence-corrected chi connectivity index (χ3v) is 4.38. The van der Waals surface area contributed by atoms with Crippen LogP contribution < -0.4 is 5.32 Å². The quantitative estimate of drug-likeness (QED) is 0.800. The van der Waals surface area contributed by atoms with Crippen molar-refractivity contribution in [1.29, 1.82) is 0 Å². The van der Waals surface area contributed by atoms with Crippen LogP contribution in [0, 0.1) is 5.92 Å². The van der Waals surface area contributed by atoms with E-state index in [-0.39, 0.29) is 5.91 Å². The van der Waals surface area contributed by atoms with E-state index < -0.39 is 0 Å². The molecule has 116 valence electrons. The fourth-order valence-electron chi connectivity index (χ4n) is 2.94. The van der Waals surface area contributed by atoms with E-state index in [1.807, 2.05) is 4.90 Å². The van der Waals surface area contributed by atoms with E-state index in [1.54, 1.807) is 0 Å². The minimum atomic E-state index is 0.260. The molecule has 0 aromatic heterocycles. The molecular formula is C15H29N3O2. The summed E-state index contributed by atoms with van der Waals surface area (Å²) >= 11 is 0. The summed E-state index contributed by atoms with van der Waals surface area (Å²) in [7, 11) is 0. The number of rotatable bonds is 5. The molecule has 0 aromatic carbocycles. The van der Waals surface area contributed by atoms with Crippen molar-refractivity contribution < 1.29 is 9.53 Å². The van der Waals surface area contributed by atoms with Crippen LogP contribution in [0.4, 0.5) is 0 Å². The van der Waals surface area contributed by atoms with Gasteiger partial charge in [0.1, 0.15) is 0 Å². The molecule has 0 aromatic rings. The van der Waals surface area contributed by atoms with Crippen LogP contribution in [0.5, 0.6) is 0 Å². The van der Waals surface area contributed by atoms with Gasteiger partial charge in [0.15, 0.2) is 0 Å². The average Bonchev–Trinajstić information content (AvgIpc) is 2.48. The standard InChI is InChI=1S/C15H29N3O2/c1-13(2)18(11-14-3-5-16-6-4-14)12-15(19)17-7-9-20-10-8-17/h13-14,16H,3-12H2,1-2H3. The van der Waals surface area contributed by atoms with Crippen LogP contribution >= 0.6 is 0 Å². The maximum Gasteiger partial charge on any atom is 0.236 e. The van der Waals surface area contributed by atoms with Crippen molar-refractivity contribution in [2.45, 2.75) is 32.7 Å². The van der Waals surface area contributed by atoms with Crippen molar-refractivity contribution in [3.63, 3.8) is 0 Å². The highest BCUT2D eigenvalue weighted by Crippen LogP contribution is 2.15. The Hall–Kier alpha value is -0.650. The number of carbonyl (C=O) groups is 1. The number of piperidine rings is 1. The van der Waals surface area contributed by atoms with Gasteiger partial charge in [-0.05, 0) is 45.7 Å². The van der Waals surface area contributed by atoms with Crippen molar-refractivity contribution in [3.8, 4) is 0 Å². The van der Waals surface area contributed by atoms with Gasteiger partial charge in [0.05, 0.1) is 19.8 Å². The molecule has 1 N–H and O–H groups in total. The second kappa shape index (κ2) is 7.96. The van der Waals surface area contributed by atoms with Gasteiger partial charge in [-0.2, -0.15) is 0 Å². The predicted molar refractivity (Wildman–Crippen MR) is 79.7 cm³/mol. The predicted octanol–water partition coefficient (Wildman–Crippen LogP) is 0.555. The molecule has 2 aliphatic rings.